The molecule has 1 aromatic heterocycles. The maximum absolute atomic E-state index is 6.37. The molecule has 0 atom stereocenters. The molecule has 152 valence electrons. The lowest BCUT2D eigenvalue weighted by Crippen LogP contribution is -2.40. The molecule has 2 nitrogen and oxygen atoms in total. The van der Waals surface area contributed by atoms with Crippen molar-refractivity contribution in [2.75, 3.05) is 0 Å². The van der Waals surface area contributed by atoms with Crippen LogP contribution in [0, 0.1) is 0 Å². The minimum atomic E-state index is -1.72. The number of hydrogen-bond acceptors (Lipinski definition) is 2. The van der Waals surface area contributed by atoms with Crippen molar-refractivity contribution >= 4 is 13.9 Å². The Balaban J connectivity index is 2.15. The summed E-state index contributed by atoms with van der Waals surface area (Å²) in [7, 11) is -1.72. The van der Waals surface area contributed by atoms with Crippen molar-refractivity contribution in [3.63, 3.8) is 0 Å². The second-order valence-electron chi connectivity index (χ2n) is 9.10. The zero-order valence-corrected chi connectivity index (χ0v) is 19.6. The van der Waals surface area contributed by atoms with Crippen LogP contribution in [0.1, 0.15) is 70.1 Å². The number of hydrogen-bond donors (Lipinski definition) is 0. The molecular weight excluding hydrogens is 358 g/mol. The average molecular weight is 396 g/mol. The highest BCUT2D eigenvalue weighted by Gasteiger charge is 2.36. The summed E-state index contributed by atoms with van der Waals surface area (Å²) in [6.07, 6.45) is 11.0. The van der Waals surface area contributed by atoms with E-state index >= 15 is 0 Å². The topological polar surface area (TPSA) is 22.1 Å². The second kappa shape index (κ2) is 10.2. The molecular formula is C25H37NOSi. The van der Waals surface area contributed by atoms with Crippen LogP contribution in [0.25, 0.3) is 5.57 Å². The van der Waals surface area contributed by atoms with E-state index in [1.165, 1.54) is 41.5 Å². The van der Waals surface area contributed by atoms with E-state index in [2.05, 4.69) is 82.2 Å². The Morgan fingerprint density at radius 2 is 1.75 bits per heavy atom. The van der Waals surface area contributed by atoms with Gasteiger partial charge in [0.2, 0.25) is 0 Å². The molecule has 0 bridgehead atoms. The van der Waals surface area contributed by atoms with Crippen molar-refractivity contribution in [1.82, 2.24) is 4.98 Å². The van der Waals surface area contributed by atoms with E-state index in [1.54, 1.807) is 0 Å². The molecule has 0 aliphatic carbocycles. The van der Waals surface area contributed by atoms with Crippen LogP contribution in [-0.4, -0.2) is 13.3 Å². The highest BCUT2D eigenvalue weighted by atomic mass is 28.4. The van der Waals surface area contributed by atoms with Gasteiger partial charge in [0, 0.05) is 18.0 Å². The maximum Gasteiger partial charge on any atom is 0.192 e. The van der Waals surface area contributed by atoms with Crippen LogP contribution in [0.5, 0.6) is 0 Å². The van der Waals surface area contributed by atoms with E-state index in [1.807, 2.05) is 18.5 Å². The van der Waals surface area contributed by atoms with E-state index < -0.39 is 8.32 Å². The second-order valence-corrected chi connectivity index (χ2v) is 13.9. The van der Waals surface area contributed by atoms with Gasteiger partial charge in [-0.2, -0.15) is 0 Å². The summed E-state index contributed by atoms with van der Waals surface area (Å²) in [5.41, 5.74) is 4.95. The van der Waals surface area contributed by atoms with E-state index in [0.717, 1.165) is 6.42 Å². The largest absolute Gasteiger partial charge is 0.413 e. The lowest BCUT2D eigenvalue weighted by atomic mass is 9.96. The molecule has 0 aliphatic rings. The highest BCUT2D eigenvalue weighted by molar-refractivity contribution is 6.74. The zero-order chi connectivity index (χ0) is 20.6. The summed E-state index contributed by atoms with van der Waals surface area (Å²) in [4.78, 5) is 4.32. The lowest BCUT2D eigenvalue weighted by molar-refractivity contribution is 0.276. The van der Waals surface area contributed by atoms with Crippen LogP contribution < -0.4 is 0 Å². The fourth-order valence-electron chi connectivity index (χ4n) is 2.83. The van der Waals surface area contributed by atoms with Gasteiger partial charge in [-0.05, 0) is 53.7 Å². The van der Waals surface area contributed by atoms with Gasteiger partial charge in [0.1, 0.15) is 0 Å². The van der Waals surface area contributed by atoms with Crippen molar-refractivity contribution in [2.24, 2.45) is 0 Å². The molecule has 2 rings (SSSR count). The molecule has 0 saturated heterocycles. The van der Waals surface area contributed by atoms with Gasteiger partial charge in [-0.1, -0.05) is 76.9 Å². The molecule has 0 aliphatic heterocycles. The summed E-state index contributed by atoms with van der Waals surface area (Å²) >= 11 is 0. The fourth-order valence-corrected chi connectivity index (χ4v) is 3.79. The monoisotopic (exact) mass is 395 g/mol. The van der Waals surface area contributed by atoms with Crippen LogP contribution in [0.15, 0.2) is 54.9 Å². The van der Waals surface area contributed by atoms with E-state index in [4.69, 9.17) is 4.43 Å². The number of benzene rings is 1. The highest BCUT2D eigenvalue weighted by Crippen LogP contribution is 2.37. The first-order valence-electron chi connectivity index (χ1n) is 10.6. The number of unbranched alkanes of at least 4 members (excludes halogenated alkanes) is 3. The standard InChI is InChI=1S/C25H37NOSi/c1-7-8-9-10-13-24(23-12-11-18-26-19-23)22-16-14-21(15-17-22)20-27-28(5,6)25(2,3)4/h11-19H,7-10,20H2,1-6H3. The van der Waals surface area contributed by atoms with Gasteiger partial charge in [0.15, 0.2) is 8.32 Å². The Morgan fingerprint density at radius 3 is 2.32 bits per heavy atom. The number of pyridine rings is 1. The minimum Gasteiger partial charge on any atom is -0.413 e. The third kappa shape index (κ3) is 6.42. The van der Waals surface area contributed by atoms with E-state index in [-0.39, 0.29) is 5.04 Å². The summed E-state index contributed by atoms with van der Waals surface area (Å²) in [5, 5.41) is 0.238. The lowest BCUT2D eigenvalue weighted by Gasteiger charge is -2.36. The van der Waals surface area contributed by atoms with Gasteiger partial charge in [0.05, 0.1) is 6.61 Å². The number of nitrogens with zero attached hydrogens (tertiary/aromatic N) is 1. The third-order valence-electron chi connectivity index (χ3n) is 5.80. The summed E-state index contributed by atoms with van der Waals surface area (Å²) in [5.74, 6) is 0. The molecule has 28 heavy (non-hydrogen) atoms. The van der Waals surface area contributed by atoms with Crippen LogP contribution in [-0.2, 0) is 11.0 Å². The van der Waals surface area contributed by atoms with Gasteiger partial charge < -0.3 is 4.43 Å². The summed E-state index contributed by atoms with van der Waals surface area (Å²) < 4.78 is 6.37. The molecule has 0 saturated carbocycles. The molecule has 0 amide bonds. The molecule has 2 aromatic rings. The first kappa shape index (κ1) is 22.6. The molecule has 0 unspecified atom stereocenters. The van der Waals surface area contributed by atoms with Gasteiger partial charge in [0.25, 0.3) is 0 Å². The smallest absolute Gasteiger partial charge is 0.192 e. The van der Waals surface area contributed by atoms with Gasteiger partial charge in [-0.25, -0.2) is 0 Å². The molecule has 0 spiro atoms. The van der Waals surface area contributed by atoms with Crippen molar-refractivity contribution in [1.29, 1.82) is 0 Å². The van der Waals surface area contributed by atoms with Crippen LogP contribution >= 0.6 is 0 Å². The maximum atomic E-state index is 6.37. The van der Waals surface area contributed by atoms with Crippen molar-refractivity contribution in [3.8, 4) is 0 Å². The van der Waals surface area contributed by atoms with Gasteiger partial charge in [-0.15, -0.1) is 0 Å². The first-order chi connectivity index (χ1) is 13.2. The fraction of sp³-hybridized carbons (Fsp3) is 0.480. The quantitative estimate of drug-likeness (QED) is 0.322. The Morgan fingerprint density at radius 1 is 1.04 bits per heavy atom. The van der Waals surface area contributed by atoms with Crippen LogP contribution in [0.2, 0.25) is 18.1 Å². The van der Waals surface area contributed by atoms with Gasteiger partial charge >= 0.3 is 0 Å². The predicted molar refractivity (Wildman–Crippen MR) is 124 cm³/mol. The van der Waals surface area contributed by atoms with Crippen LogP contribution in [0.3, 0.4) is 0 Å². The van der Waals surface area contributed by atoms with Crippen molar-refractivity contribution < 1.29 is 4.43 Å². The molecule has 1 aromatic carbocycles. The van der Waals surface area contributed by atoms with Gasteiger partial charge in [-0.3, -0.25) is 4.98 Å². The summed E-state index contributed by atoms with van der Waals surface area (Å²) in [6.45, 7) is 14.4. The molecule has 3 heteroatoms. The number of aromatic nitrogens is 1. The SMILES string of the molecule is CCCCCC=C(c1ccc(CO[Si](C)(C)C(C)(C)C)cc1)c1cccnc1. The normalized spacial score (nSPS) is 13.0. The Bertz CT molecular complexity index is 742. The zero-order valence-electron chi connectivity index (χ0n) is 18.6. The van der Waals surface area contributed by atoms with Crippen LogP contribution in [0.4, 0.5) is 0 Å². The molecule has 0 N–H and O–H groups in total. The minimum absolute atomic E-state index is 0.238. The van der Waals surface area contributed by atoms with E-state index in [0.29, 0.717) is 6.61 Å². The first-order valence-corrected chi connectivity index (χ1v) is 13.5. The summed E-state index contributed by atoms with van der Waals surface area (Å²) in [6, 6.07) is 13.0. The Kier molecular flexibility index (Phi) is 8.20. The predicted octanol–water partition coefficient (Wildman–Crippen LogP) is 7.62. The molecule has 0 fully saturated rings. The van der Waals surface area contributed by atoms with E-state index in [9.17, 15) is 0 Å². The number of rotatable bonds is 9. The third-order valence-corrected chi connectivity index (χ3v) is 10.3. The average Bonchev–Trinajstić information content (AvgIpc) is 2.67. The van der Waals surface area contributed by atoms with Crippen molar-refractivity contribution in [2.45, 2.75) is 78.1 Å². The van der Waals surface area contributed by atoms with Crippen molar-refractivity contribution in [3.05, 3.63) is 71.6 Å². The Labute approximate surface area is 173 Å². The Hall–Kier alpha value is -1.71. The molecule has 0 radical (unpaired) electrons. The number of allylic oxidation sites excluding steroid dienone is 1. The molecule has 1 heterocycles.